The normalized spacial score (nSPS) is 12.7. The molecule has 290 valence electrons. The van der Waals surface area contributed by atoms with Crippen molar-refractivity contribution in [1.82, 2.24) is 10.9 Å². The fraction of sp³-hybridized carbons (Fsp3) is 0.895. The van der Waals surface area contributed by atoms with E-state index in [-0.39, 0.29) is 42.5 Å². The molecule has 0 heterocycles. The summed E-state index contributed by atoms with van der Waals surface area (Å²) in [5, 5.41) is 7.47. The van der Waals surface area contributed by atoms with E-state index in [0.29, 0.717) is 32.2 Å². The molecule has 0 aromatic heterocycles. The second-order valence-electron chi connectivity index (χ2n) is 14.3. The number of hydrogen-bond acceptors (Lipinski definition) is 7. The molecule has 0 spiro atoms. The van der Waals surface area contributed by atoms with Crippen molar-refractivity contribution in [3.8, 4) is 0 Å². The minimum absolute atomic E-state index is 0. The van der Waals surface area contributed by atoms with Crippen LogP contribution in [0.2, 0.25) is 0 Å². The summed E-state index contributed by atoms with van der Waals surface area (Å²) >= 11 is 0. The van der Waals surface area contributed by atoms with Crippen molar-refractivity contribution in [1.29, 1.82) is 5.41 Å². The summed E-state index contributed by atoms with van der Waals surface area (Å²) in [6.07, 6.45) is 28.6. The smallest absolute Gasteiger partial charge is 0.320 e. The Morgan fingerprint density at radius 1 is 0.633 bits per heavy atom. The van der Waals surface area contributed by atoms with Gasteiger partial charge in [-0.15, -0.1) is 0 Å². The summed E-state index contributed by atoms with van der Waals surface area (Å²) in [4.78, 5) is 40.9. The molecular formula is C38H78ClN7O3. The van der Waals surface area contributed by atoms with Crippen molar-refractivity contribution in [2.75, 3.05) is 20.1 Å². The zero-order chi connectivity index (χ0) is 35.9. The third-order valence-electron chi connectivity index (χ3n) is 9.69. The molecule has 0 saturated heterocycles. The molecule has 0 bridgehead atoms. The van der Waals surface area contributed by atoms with Gasteiger partial charge >= 0.3 is 11.8 Å². The van der Waals surface area contributed by atoms with Gasteiger partial charge in [-0.1, -0.05) is 149 Å². The lowest BCUT2D eigenvalue weighted by Gasteiger charge is -2.32. The molecule has 0 rings (SSSR count). The second kappa shape index (κ2) is 33.5. The number of hydrazine groups is 1. The Morgan fingerprint density at radius 2 is 1.00 bits per heavy atom. The standard InChI is InChI=1S/C38H78N7O3.ClH/c1-4-6-8-10-12-14-16-18-20-22-24-29-35(46)45(3,36(47)30-25-23-21-19-17-15-13-11-9-7-5-2)32-33(40)37(48)34(28-26-27-31-39)43-44-38(41)42;/h33-34,43H,4-32,39-40H2,1-3H3,(H4,41,42,44);1H/q+1;/p-1/t33?,34-;/m0./s1. The van der Waals surface area contributed by atoms with E-state index in [0.717, 1.165) is 44.9 Å². The number of nitrogens with two attached hydrogens (primary N) is 3. The molecule has 0 aliphatic carbocycles. The third kappa shape index (κ3) is 25.9. The first-order valence-corrected chi connectivity index (χ1v) is 19.9. The Hall–Kier alpha value is -1.59. The number of imide groups is 1. The van der Waals surface area contributed by atoms with Crippen molar-refractivity contribution in [2.45, 2.75) is 199 Å². The number of Topliss-reactive ketones (excluding diaryl/α,β-unsaturated/α-hetero) is 1. The van der Waals surface area contributed by atoms with E-state index in [1.807, 2.05) is 0 Å². The summed E-state index contributed by atoms with van der Waals surface area (Å²) in [6, 6.07) is -1.74. The molecule has 0 radical (unpaired) electrons. The summed E-state index contributed by atoms with van der Waals surface area (Å²) < 4.78 is -0.446. The molecule has 0 aromatic carbocycles. The molecule has 11 heteroatoms. The largest absolute Gasteiger partial charge is 1.00 e. The summed E-state index contributed by atoms with van der Waals surface area (Å²) in [5.74, 6) is -0.936. The van der Waals surface area contributed by atoms with Crippen molar-refractivity contribution in [3.63, 3.8) is 0 Å². The number of unbranched alkanes of at least 4 members (excludes halogenated alkanes) is 21. The van der Waals surface area contributed by atoms with E-state index in [2.05, 4.69) is 24.7 Å². The Morgan fingerprint density at radius 3 is 1.35 bits per heavy atom. The number of ketones is 1. The maximum Gasteiger partial charge on any atom is 0.320 e. The quantitative estimate of drug-likeness (QED) is 0.0188. The SMILES string of the molecule is CCCCCCCCCCCCCC(=O)[N+](C)(CC(N)C(=O)[C@H](CCCCN)NNC(=N)N)C(=O)CCCCCCCCCCCCC.[Cl-]. The van der Waals surface area contributed by atoms with Crippen LogP contribution in [0.5, 0.6) is 0 Å². The van der Waals surface area contributed by atoms with E-state index in [1.54, 1.807) is 7.05 Å². The number of quaternary nitrogens is 1. The van der Waals surface area contributed by atoms with Crippen LogP contribution in [0.1, 0.15) is 187 Å². The number of carbonyl (C=O) groups is 3. The zero-order valence-corrected chi connectivity index (χ0v) is 32.7. The lowest BCUT2D eigenvalue weighted by Crippen LogP contribution is -3.00. The highest BCUT2D eigenvalue weighted by molar-refractivity contribution is 5.90. The van der Waals surface area contributed by atoms with Crippen LogP contribution in [0.4, 0.5) is 0 Å². The fourth-order valence-electron chi connectivity index (χ4n) is 6.40. The van der Waals surface area contributed by atoms with Gasteiger partial charge in [-0.05, 0) is 32.2 Å². The number of carbonyl (C=O) groups excluding carboxylic acids is 3. The number of guanidine groups is 1. The van der Waals surface area contributed by atoms with Crippen molar-refractivity contribution in [2.24, 2.45) is 17.2 Å². The highest BCUT2D eigenvalue weighted by Crippen LogP contribution is 2.19. The van der Waals surface area contributed by atoms with Crippen LogP contribution in [-0.2, 0) is 14.4 Å². The maximum absolute atomic E-state index is 13.7. The molecule has 9 N–H and O–H groups in total. The molecular weight excluding hydrogens is 638 g/mol. The van der Waals surface area contributed by atoms with Gasteiger partial charge in [0.25, 0.3) is 0 Å². The molecule has 0 fully saturated rings. The van der Waals surface area contributed by atoms with Crippen LogP contribution in [0, 0.1) is 5.41 Å². The Balaban J connectivity index is 0. The Kier molecular flexibility index (Phi) is 33.9. The zero-order valence-electron chi connectivity index (χ0n) is 31.9. The summed E-state index contributed by atoms with van der Waals surface area (Å²) in [6.45, 7) is 4.92. The summed E-state index contributed by atoms with van der Waals surface area (Å²) in [5.41, 5.74) is 22.9. The third-order valence-corrected chi connectivity index (χ3v) is 9.69. The molecule has 0 aliphatic heterocycles. The van der Waals surface area contributed by atoms with Crippen LogP contribution >= 0.6 is 0 Å². The first kappa shape index (κ1) is 49.5. The van der Waals surface area contributed by atoms with E-state index >= 15 is 0 Å². The number of likely N-dealkylation sites (N-methyl/N-ethyl adjacent to an activating group) is 1. The van der Waals surface area contributed by atoms with Crippen LogP contribution < -0.4 is 40.5 Å². The van der Waals surface area contributed by atoms with Crippen molar-refractivity contribution in [3.05, 3.63) is 0 Å². The molecule has 0 saturated carbocycles. The molecule has 10 nitrogen and oxygen atoms in total. The van der Waals surface area contributed by atoms with Crippen molar-refractivity contribution >= 4 is 23.6 Å². The Labute approximate surface area is 307 Å². The van der Waals surface area contributed by atoms with Gasteiger partial charge in [0.15, 0.2) is 11.7 Å². The van der Waals surface area contributed by atoms with Crippen LogP contribution in [0.15, 0.2) is 0 Å². The number of nitrogens with zero attached hydrogens (tertiary/aromatic N) is 1. The number of hydrogen-bond donors (Lipinski definition) is 6. The monoisotopic (exact) mass is 716 g/mol. The lowest BCUT2D eigenvalue weighted by atomic mass is 9.99. The van der Waals surface area contributed by atoms with E-state index in [4.69, 9.17) is 22.6 Å². The minimum Gasteiger partial charge on any atom is -1.00 e. The molecule has 49 heavy (non-hydrogen) atoms. The second-order valence-corrected chi connectivity index (χ2v) is 14.3. The number of amides is 2. The maximum atomic E-state index is 13.7. The minimum atomic E-state index is -1.03. The molecule has 2 atom stereocenters. The lowest BCUT2D eigenvalue weighted by molar-refractivity contribution is -0.758. The van der Waals surface area contributed by atoms with Gasteiger partial charge < -0.3 is 29.6 Å². The van der Waals surface area contributed by atoms with Crippen LogP contribution in [-0.4, -0.2) is 60.3 Å². The molecule has 0 aromatic rings. The van der Waals surface area contributed by atoms with Crippen LogP contribution in [0.3, 0.4) is 0 Å². The number of nitrogens with one attached hydrogen (secondary N) is 3. The fourth-order valence-corrected chi connectivity index (χ4v) is 6.40. The molecule has 2 amide bonds. The first-order chi connectivity index (χ1) is 23.1. The van der Waals surface area contributed by atoms with Gasteiger partial charge in [0.2, 0.25) is 0 Å². The average Bonchev–Trinajstić information content (AvgIpc) is 3.06. The van der Waals surface area contributed by atoms with Gasteiger partial charge in [0.05, 0.1) is 25.9 Å². The average molecular weight is 717 g/mol. The van der Waals surface area contributed by atoms with E-state index < -0.39 is 16.6 Å². The Bertz CT molecular complexity index is 808. The number of halogens is 1. The van der Waals surface area contributed by atoms with E-state index in [1.165, 1.54) is 103 Å². The van der Waals surface area contributed by atoms with Crippen molar-refractivity contribution < 1.29 is 31.3 Å². The highest BCUT2D eigenvalue weighted by atomic mass is 35.5. The van der Waals surface area contributed by atoms with Crippen LogP contribution in [0.25, 0.3) is 0 Å². The topological polar surface area (TPSA) is 177 Å². The van der Waals surface area contributed by atoms with Gasteiger partial charge in [0.1, 0.15) is 12.6 Å². The summed E-state index contributed by atoms with van der Waals surface area (Å²) in [7, 11) is 1.65. The van der Waals surface area contributed by atoms with Gasteiger partial charge in [-0.25, -0.2) is 15.0 Å². The van der Waals surface area contributed by atoms with Gasteiger partial charge in [-0.2, -0.15) is 4.48 Å². The van der Waals surface area contributed by atoms with Gasteiger partial charge in [0, 0.05) is 0 Å². The van der Waals surface area contributed by atoms with Gasteiger partial charge in [-0.3, -0.25) is 15.6 Å². The molecule has 1 unspecified atom stereocenters. The first-order valence-electron chi connectivity index (χ1n) is 19.9. The highest BCUT2D eigenvalue weighted by Gasteiger charge is 2.42. The molecule has 0 aliphatic rings. The number of rotatable bonds is 34. The van der Waals surface area contributed by atoms with E-state index in [9.17, 15) is 14.4 Å². The predicted molar refractivity (Wildman–Crippen MR) is 201 cm³/mol. The predicted octanol–water partition coefficient (Wildman–Crippen LogP) is 4.27.